The molecule has 1 unspecified atom stereocenters. The molecular weight excluding hydrogens is 316 g/mol. The van der Waals surface area contributed by atoms with E-state index in [1.807, 2.05) is 23.1 Å². The van der Waals surface area contributed by atoms with Crippen molar-refractivity contribution in [3.63, 3.8) is 0 Å². The number of rotatable bonds is 5. The van der Waals surface area contributed by atoms with E-state index in [4.69, 9.17) is 4.74 Å². The van der Waals surface area contributed by atoms with Crippen molar-refractivity contribution in [2.24, 2.45) is 0 Å². The highest BCUT2D eigenvalue weighted by molar-refractivity contribution is 6.07. The molecule has 5 nitrogen and oxygen atoms in total. The van der Waals surface area contributed by atoms with Gasteiger partial charge in [0.2, 0.25) is 0 Å². The molecule has 2 saturated heterocycles. The van der Waals surface area contributed by atoms with Crippen molar-refractivity contribution in [2.45, 2.75) is 62.9 Å². The summed E-state index contributed by atoms with van der Waals surface area (Å²) in [5.41, 5.74) is 0.644. The molecule has 3 amide bonds. The summed E-state index contributed by atoms with van der Waals surface area (Å²) in [7, 11) is 1.69. The first-order chi connectivity index (χ1) is 12.1. The number of hydrogen-bond donors (Lipinski definition) is 0. The Bertz CT molecular complexity index is 698. The molecule has 134 valence electrons. The van der Waals surface area contributed by atoms with Crippen molar-refractivity contribution in [3.05, 3.63) is 29.8 Å². The monoisotopic (exact) mass is 342 g/mol. The average Bonchev–Trinajstić information content (AvgIpc) is 3.08. The van der Waals surface area contributed by atoms with Gasteiger partial charge in [0, 0.05) is 12.6 Å². The van der Waals surface area contributed by atoms with Crippen LogP contribution in [0.15, 0.2) is 24.3 Å². The molecule has 0 aromatic heterocycles. The third-order valence-electron chi connectivity index (χ3n) is 6.26. The highest BCUT2D eigenvalue weighted by atomic mass is 16.5. The topological polar surface area (TPSA) is 49.9 Å². The Kier molecular flexibility index (Phi) is 3.97. The number of ether oxygens (including phenoxy) is 1. The molecule has 1 aromatic rings. The van der Waals surface area contributed by atoms with Crippen molar-refractivity contribution < 1.29 is 14.3 Å². The fourth-order valence-corrected chi connectivity index (χ4v) is 4.98. The Morgan fingerprint density at radius 1 is 1.24 bits per heavy atom. The van der Waals surface area contributed by atoms with Crippen LogP contribution < -0.4 is 4.74 Å². The molecule has 3 aliphatic rings. The number of hydrogen-bond acceptors (Lipinski definition) is 3. The van der Waals surface area contributed by atoms with Gasteiger partial charge in [0.05, 0.1) is 7.11 Å². The minimum absolute atomic E-state index is 0.0363. The molecule has 2 heterocycles. The largest absolute Gasteiger partial charge is 0.496 e. The molecule has 3 fully saturated rings. The van der Waals surface area contributed by atoms with Crippen molar-refractivity contribution in [3.8, 4) is 5.75 Å². The van der Waals surface area contributed by atoms with E-state index in [0.717, 1.165) is 50.8 Å². The molecule has 25 heavy (non-hydrogen) atoms. The van der Waals surface area contributed by atoms with Crippen molar-refractivity contribution in [2.75, 3.05) is 13.7 Å². The van der Waals surface area contributed by atoms with Crippen LogP contribution >= 0.6 is 0 Å². The van der Waals surface area contributed by atoms with Crippen molar-refractivity contribution in [1.82, 2.24) is 9.80 Å². The predicted octanol–water partition coefficient (Wildman–Crippen LogP) is 3.54. The highest BCUT2D eigenvalue weighted by Crippen LogP contribution is 2.48. The molecule has 5 heteroatoms. The molecule has 1 aliphatic carbocycles. The van der Waals surface area contributed by atoms with E-state index < -0.39 is 5.54 Å². The third-order valence-corrected chi connectivity index (χ3v) is 6.26. The number of fused-ring (bicyclic) bond motifs is 1. The first-order valence-electron chi connectivity index (χ1n) is 9.40. The van der Waals surface area contributed by atoms with E-state index in [9.17, 15) is 9.59 Å². The summed E-state index contributed by atoms with van der Waals surface area (Å²) in [6.07, 6.45) is 5.17. The van der Waals surface area contributed by atoms with Crippen LogP contribution in [0.1, 0.15) is 56.9 Å². The fourth-order valence-electron chi connectivity index (χ4n) is 4.98. The zero-order valence-electron chi connectivity index (χ0n) is 15.0. The quantitative estimate of drug-likeness (QED) is 0.769. The molecule has 1 aromatic carbocycles. The Balaban J connectivity index is 1.51. The van der Waals surface area contributed by atoms with Crippen LogP contribution in [0.25, 0.3) is 0 Å². The number of carbonyl (C=O) groups excluding carboxylic acids is 2. The Hall–Kier alpha value is -2.04. The van der Waals surface area contributed by atoms with Gasteiger partial charge < -0.3 is 9.64 Å². The van der Waals surface area contributed by atoms with Gasteiger partial charge in [0.25, 0.3) is 5.91 Å². The number of benzene rings is 1. The van der Waals surface area contributed by atoms with Gasteiger partial charge in [0.1, 0.15) is 11.3 Å². The first kappa shape index (κ1) is 16.4. The highest BCUT2D eigenvalue weighted by Gasteiger charge is 2.61. The number of amides is 3. The molecule has 4 rings (SSSR count). The Morgan fingerprint density at radius 2 is 2.00 bits per heavy atom. The predicted molar refractivity (Wildman–Crippen MR) is 94.6 cm³/mol. The van der Waals surface area contributed by atoms with Gasteiger partial charge in [-0.05, 0) is 49.7 Å². The summed E-state index contributed by atoms with van der Waals surface area (Å²) in [6, 6.07) is 8.03. The lowest BCUT2D eigenvalue weighted by atomic mass is 9.74. The SMILES string of the molecule is CCCC12CCCN1C(=O)N(C1CC(c3ccccc3OC)C1)C2=O. The Labute approximate surface area is 148 Å². The number of para-hydroxylation sites is 1. The van der Waals surface area contributed by atoms with Gasteiger partial charge >= 0.3 is 6.03 Å². The van der Waals surface area contributed by atoms with Gasteiger partial charge in [-0.25, -0.2) is 4.79 Å². The standard InChI is InChI=1S/C20H26N2O3/c1-3-9-20-10-6-11-21(20)19(24)22(18(20)23)15-12-14(13-15)16-7-4-5-8-17(16)25-2/h4-5,7-8,14-15H,3,6,9-13H2,1-2H3. The minimum atomic E-state index is -0.540. The minimum Gasteiger partial charge on any atom is -0.496 e. The summed E-state index contributed by atoms with van der Waals surface area (Å²) in [4.78, 5) is 29.5. The van der Waals surface area contributed by atoms with Gasteiger partial charge in [-0.1, -0.05) is 31.5 Å². The van der Waals surface area contributed by atoms with Crippen LogP contribution in [0.5, 0.6) is 5.75 Å². The zero-order chi connectivity index (χ0) is 17.6. The first-order valence-corrected chi connectivity index (χ1v) is 9.40. The van der Waals surface area contributed by atoms with Crippen molar-refractivity contribution >= 4 is 11.9 Å². The van der Waals surface area contributed by atoms with Crippen LogP contribution in [-0.2, 0) is 4.79 Å². The fraction of sp³-hybridized carbons (Fsp3) is 0.600. The average molecular weight is 342 g/mol. The molecule has 1 saturated carbocycles. The van der Waals surface area contributed by atoms with Crippen LogP contribution in [0.2, 0.25) is 0 Å². The van der Waals surface area contributed by atoms with Gasteiger partial charge in [-0.2, -0.15) is 0 Å². The summed E-state index contributed by atoms with van der Waals surface area (Å²) in [5, 5.41) is 0. The molecule has 0 bridgehead atoms. The van der Waals surface area contributed by atoms with E-state index in [2.05, 4.69) is 13.0 Å². The number of methoxy groups -OCH3 is 1. The zero-order valence-corrected chi connectivity index (χ0v) is 15.0. The maximum Gasteiger partial charge on any atom is 0.327 e. The lowest BCUT2D eigenvalue weighted by molar-refractivity contribution is -0.135. The summed E-state index contributed by atoms with van der Waals surface area (Å²) in [6.45, 7) is 2.82. The maximum atomic E-state index is 13.1. The molecule has 2 aliphatic heterocycles. The maximum absolute atomic E-state index is 13.1. The molecule has 0 N–H and O–H groups in total. The second kappa shape index (κ2) is 6.04. The van der Waals surface area contributed by atoms with Crippen LogP contribution in [0.3, 0.4) is 0 Å². The van der Waals surface area contributed by atoms with E-state index in [1.54, 1.807) is 12.0 Å². The second-order valence-electron chi connectivity index (χ2n) is 7.56. The molecular formula is C20H26N2O3. The van der Waals surface area contributed by atoms with Crippen LogP contribution in [-0.4, -0.2) is 47.0 Å². The second-order valence-corrected chi connectivity index (χ2v) is 7.56. The van der Waals surface area contributed by atoms with E-state index in [0.29, 0.717) is 5.92 Å². The normalized spacial score (nSPS) is 31.3. The molecule has 1 atom stereocenters. The lowest BCUT2D eigenvalue weighted by Crippen LogP contribution is -2.49. The van der Waals surface area contributed by atoms with Crippen LogP contribution in [0, 0.1) is 0 Å². The summed E-state index contributed by atoms with van der Waals surface area (Å²) < 4.78 is 5.46. The molecule has 0 radical (unpaired) electrons. The van der Waals surface area contributed by atoms with E-state index in [1.165, 1.54) is 5.56 Å². The Morgan fingerprint density at radius 3 is 2.72 bits per heavy atom. The number of urea groups is 1. The number of imide groups is 1. The van der Waals surface area contributed by atoms with Gasteiger partial charge in [0.15, 0.2) is 0 Å². The van der Waals surface area contributed by atoms with E-state index >= 15 is 0 Å². The van der Waals surface area contributed by atoms with Crippen LogP contribution in [0.4, 0.5) is 4.79 Å². The number of carbonyl (C=O) groups is 2. The van der Waals surface area contributed by atoms with Crippen molar-refractivity contribution in [1.29, 1.82) is 0 Å². The smallest absolute Gasteiger partial charge is 0.327 e. The van der Waals surface area contributed by atoms with Gasteiger partial charge in [-0.15, -0.1) is 0 Å². The van der Waals surface area contributed by atoms with E-state index in [-0.39, 0.29) is 18.0 Å². The lowest BCUT2D eigenvalue weighted by Gasteiger charge is -2.40. The van der Waals surface area contributed by atoms with Gasteiger partial charge in [-0.3, -0.25) is 9.69 Å². The summed E-state index contributed by atoms with van der Waals surface area (Å²) in [5.74, 6) is 1.31. The number of nitrogens with zero attached hydrogens (tertiary/aromatic N) is 2. The third kappa shape index (κ3) is 2.28. The molecule has 0 spiro atoms. The summed E-state index contributed by atoms with van der Waals surface area (Å²) >= 11 is 0.